The van der Waals surface area contributed by atoms with E-state index >= 15 is 0 Å². The van der Waals surface area contributed by atoms with Gasteiger partial charge in [0.15, 0.2) is 6.61 Å². The zero-order valence-electron chi connectivity index (χ0n) is 11.0. The maximum Gasteiger partial charge on any atom is 0.258 e. The number of aliphatic hydroxyl groups is 1. The molecule has 1 atom stereocenters. The number of benzene rings is 1. The highest BCUT2D eigenvalue weighted by Gasteiger charge is 2.10. The molecule has 0 saturated heterocycles. The van der Waals surface area contributed by atoms with Crippen LogP contribution in [0.15, 0.2) is 24.3 Å². The van der Waals surface area contributed by atoms with Crippen LogP contribution in [0.25, 0.3) is 0 Å². The molecule has 0 heterocycles. The van der Waals surface area contributed by atoms with E-state index in [1.807, 2.05) is 38.1 Å². The molecule has 100 valence electrons. The van der Waals surface area contributed by atoms with Gasteiger partial charge in [0, 0.05) is 12.6 Å². The number of nitrogens with one attached hydrogen (secondary N) is 1. The highest BCUT2D eigenvalue weighted by Crippen LogP contribution is 2.11. The van der Waals surface area contributed by atoms with Gasteiger partial charge in [-0.05, 0) is 31.9 Å². The molecule has 1 aromatic rings. The first-order chi connectivity index (χ1) is 8.65. The smallest absolute Gasteiger partial charge is 0.258 e. The Kier molecular flexibility index (Phi) is 6.22. The normalized spacial score (nSPS) is 11.9. The zero-order valence-corrected chi connectivity index (χ0v) is 11.0. The molecular formula is C14H21NO3. The average molecular weight is 251 g/mol. The minimum atomic E-state index is -0.157. The largest absolute Gasteiger partial charge is 0.484 e. The van der Waals surface area contributed by atoms with Crippen LogP contribution in [0, 0.1) is 6.92 Å². The Labute approximate surface area is 108 Å². The zero-order chi connectivity index (χ0) is 13.4. The predicted molar refractivity (Wildman–Crippen MR) is 70.6 cm³/mol. The lowest BCUT2D eigenvalue weighted by Crippen LogP contribution is -2.38. The summed E-state index contributed by atoms with van der Waals surface area (Å²) in [6.45, 7) is 4.06. The maximum absolute atomic E-state index is 11.6. The second-order valence-corrected chi connectivity index (χ2v) is 4.29. The standard InChI is InChI=1S/C14H21NO3/c1-3-12(8-9-16)15-14(17)10-18-13-6-4-11(2)5-7-13/h4-7,12,16H,3,8-10H2,1-2H3,(H,15,17). The topological polar surface area (TPSA) is 58.6 Å². The molecule has 0 saturated carbocycles. The molecule has 1 unspecified atom stereocenters. The van der Waals surface area contributed by atoms with Crippen LogP contribution in [0.4, 0.5) is 0 Å². The number of rotatable bonds is 7. The van der Waals surface area contributed by atoms with Gasteiger partial charge < -0.3 is 15.2 Å². The van der Waals surface area contributed by atoms with E-state index in [1.54, 1.807) is 0 Å². The van der Waals surface area contributed by atoms with Crippen molar-refractivity contribution in [3.8, 4) is 5.75 Å². The fraction of sp³-hybridized carbons (Fsp3) is 0.500. The average Bonchev–Trinajstić information content (AvgIpc) is 2.37. The molecule has 0 aliphatic heterocycles. The van der Waals surface area contributed by atoms with Gasteiger partial charge in [-0.2, -0.15) is 0 Å². The minimum Gasteiger partial charge on any atom is -0.484 e. The summed E-state index contributed by atoms with van der Waals surface area (Å²) in [6.07, 6.45) is 1.38. The monoisotopic (exact) mass is 251 g/mol. The predicted octanol–water partition coefficient (Wildman–Crippen LogP) is 1.65. The second-order valence-electron chi connectivity index (χ2n) is 4.29. The summed E-state index contributed by atoms with van der Waals surface area (Å²) >= 11 is 0. The van der Waals surface area contributed by atoms with E-state index in [0.717, 1.165) is 12.0 Å². The van der Waals surface area contributed by atoms with Gasteiger partial charge in [0.2, 0.25) is 0 Å². The van der Waals surface area contributed by atoms with Gasteiger partial charge in [-0.15, -0.1) is 0 Å². The van der Waals surface area contributed by atoms with Crippen LogP contribution < -0.4 is 10.1 Å². The minimum absolute atomic E-state index is 0.00495. The first-order valence-corrected chi connectivity index (χ1v) is 6.25. The third kappa shape index (κ3) is 5.19. The summed E-state index contributed by atoms with van der Waals surface area (Å²) < 4.78 is 5.37. The van der Waals surface area contributed by atoms with Crippen LogP contribution in [0.5, 0.6) is 5.75 Å². The first kappa shape index (κ1) is 14.5. The third-order valence-electron chi connectivity index (χ3n) is 2.73. The lowest BCUT2D eigenvalue weighted by molar-refractivity contribution is -0.123. The van der Waals surface area contributed by atoms with E-state index in [2.05, 4.69) is 5.32 Å². The van der Waals surface area contributed by atoms with E-state index < -0.39 is 0 Å². The van der Waals surface area contributed by atoms with Crippen molar-refractivity contribution >= 4 is 5.91 Å². The van der Waals surface area contributed by atoms with Crippen LogP contribution in [0.1, 0.15) is 25.3 Å². The Bertz CT molecular complexity index is 362. The van der Waals surface area contributed by atoms with Gasteiger partial charge in [-0.1, -0.05) is 24.6 Å². The molecule has 0 fully saturated rings. The van der Waals surface area contributed by atoms with E-state index in [1.165, 1.54) is 0 Å². The molecule has 18 heavy (non-hydrogen) atoms. The third-order valence-corrected chi connectivity index (χ3v) is 2.73. The molecule has 4 heteroatoms. The summed E-state index contributed by atoms with van der Waals surface area (Å²) in [5, 5.41) is 11.7. The van der Waals surface area contributed by atoms with Gasteiger partial charge in [-0.3, -0.25) is 4.79 Å². The van der Waals surface area contributed by atoms with Gasteiger partial charge in [-0.25, -0.2) is 0 Å². The highest BCUT2D eigenvalue weighted by molar-refractivity contribution is 5.77. The number of hydrogen-bond acceptors (Lipinski definition) is 3. The van der Waals surface area contributed by atoms with Gasteiger partial charge in [0.25, 0.3) is 5.91 Å². The molecule has 1 aromatic carbocycles. The summed E-state index contributed by atoms with van der Waals surface area (Å²) in [5.41, 5.74) is 1.15. The van der Waals surface area contributed by atoms with Crippen LogP contribution >= 0.6 is 0 Å². The molecule has 4 nitrogen and oxygen atoms in total. The first-order valence-electron chi connectivity index (χ1n) is 6.25. The maximum atomic E-state index is 11.6. The van der Waals surface area contributed by atoms with Crippen LogP contribution in [0.3, 0.4) is 0 Å². The molecule has 0 bridgehead atoms. The van der Waals surface area contributed by atoms with Crippen molar-refractivity contribution < 1.29 is 14.6 Å². The number of aryl methyl sites for hydroxylation is 1. The van der Waals surface area contributed by atoms with Crippen LogP contribution in [-0.4, -0.2) is 30.3 Å². The number of aliphatic hydroxyl groups excluding tert-OH is 1. The summed E-state index contributed by atoms with van der Waals surface area (Å²) in [6, 6.07) is 7.58. The lowest BCUT2D eigenvalue weighted by Gasteiger charge is -2.15. The number of ether oxygens (including phenoxy) is 1. The molecule has 0 spiro atoms. The molecule has 0 aromatic heterocycles. The van der Waals surface area contributed by atoms with Crippen molar-refractivity contribution in [1.29, 1.82) is 0 Å². The van der Waals surface area contributed by atoms with Crippen molar-refractivity contribution in [2.24, 2.45) is 0 Å². The van der Waals surface area contributed by atoms with Gasteiger partial charge in [0.05, 0.1) is 0 Å². The van der Waals surface area contributed by atoms with Gasteiger partial charge >= 0.3 is 0 Å². The van der Waals surface area contributed by atoms with Gasteiger partial charge in [0.1, 0.15) is 5.75 Å². The van der Waals surface area contributed by atoms with Crippen molar-refractivity contribution in [1.82, 2.24) is 5.32 Å². The lowest BCUT2D eigenvalue weighted by atomic mass is 10.1. The second kappa shape index (κ2) is 7.71. The fourth-order valence-corrected chi connectivity index (χ4v) is 1.59. The number of carbonyl (C=O) groups excluding carboxylic acids is 1. The van der Waals surface area contributed by atoms with E-state index in [0.29, 0.717) is 12.2 Å². The fourth-order valence-electron chi connectivity index (χ4n) is 1.59. The number of hydrogen-bond donors (Lipinski definition) is 2. The van der Waals surface area contributed by atoms with Crippen molar-refractivity contribution in [2.75, 3.05) is 13.2 Å². The molecule has 0 aliphatic carbocycles. The summed E-state index contributed by atoms with van der Waals surface area (Å²) in [4.78, 5) is 11.6. The highest BCUT2D eigenvalue weighted by atomic mass is 16.5. The number of carbonyl (C=O) groups is 1. The Morgan fingerprint density at radius 1 is 1.39 bits per heavy atom. The van der Waals surface area contributed by atoms with Crippen LogP contribution in [0.2, 0.25) is 0 Å². The van der Waals surface area contributed by atoms with Crippen molar-refractivity contribution in [3.63, 3.8) is 0 Å². The van der Waals surface area contributed by atoms with E-state index in [4.69, 9.17) is 9.84 Å². The molecule has 1 amide bonds. The van der Waals surface area contributed by atoms with Crippen LogP contribution in [-0.2, 0) is 4.79 Å². The number of amides is 1. The Morgan fingerprint density at radius 3 is 2.61 bits per heavy atom. The molecular weight excluding hydrogens is 230 g/mol. The molecule has 0 radical (unpaired) electrons. The Morgan fingerprint density at radius 2 is 2.06 bits per heavy atom. The SMILES string of the molecule is CCC(CCO)NC(=O)COc1ccc(C)cc1. The summed E-state index contributed by atoms with van der Waals surface area (Å²) in [7, 11) is 0. The Hall–Kier alpha value is -1.55. The van der Waals surface area contributed by atoms with Crippen molar-refractivity contribution in [3.05, 3.63) is 29.8 Å². The molecule has 0 aliphatic rings. The molecule has 2 N–H and O–H groups in total. The molecule has 1 rings (SSSR count). The van der Waals surface area contributed by atoms with E-state index in [9.17, 15) is 4.79 Å². The van der Waals surface area contributed by atoms with Crippen molar-refractivity contribution in [2.45, 2.75) is 32.7 Å². The Balaban J connectivity index is 2.34. The quantitative estimate of drug-likeness (QED) is 0.774. The summed E-state index contributed by atoms with van der Waals surface area (Å²) in [5.74, 6) is 0.529. The van der Waals surface area contributed by atoms with E-state index in [-0.39, 0.29) is 25.2 Å².